The van der Waals surface area contributed by atoms with Crippen molar-refractivity contribution in [3.8, 4) is 78.4 Å². The monoisotopic (exact) mass is 752 g/mol. The molecule has 0 atom stereocenters. The number of hydrogen-bond acceptors (Lipinski definition) is 2. The minimum Gasteiger partial charge on any atom is -0.228 e. The minimum atomic E-state index is -0.0749. The van der Waals surface area contributed by atoms with Gasteiger partial charge in [-0.2, -0.15) is 0 Å². The summed E-state index contributed by atoms with van der Waals surface area (Å²) in [5, 5.41) is 4.81. The molecule has 11 rings (SSSR count). The van der Waals surface area contributed by atoms with Crippen molar-refractivity contribution >= 4 is 21.5 Å². The van der Waals surface area contributed by atoms with Crippen molar-refractivity contribution in [2.45, 2.75) is 19.3 Å². The predicted octanol–water partition coefficient (Wildman–Crippen LogP) is 15.1. The fraction of sp³-hybridized carbons (Fsp3) is 0.0526. The molecule has 0 amide bonds. The van der Waals surface area contributed by atoms with Crippen molar-refractivity contribution in [2.24, 2.45) is 0 Å². The second kappa shape index (κ2) is 13.9. The summed E-state index contributed by atoms with van der Waals surface area (Å²) >= 11 is 0. The molecular formula is C57H40N2. The zero-order valence-corrected chi connectivity index (χ0v) is 33.0. The third-order valence-electron chi connectivity index (χ3n) is 12.3. The van der Waals surface area contributed by atoms with E-state index in [1.807, 2.05) is 18.2 Å². The number of aromatic nitrogens is 2. The van der Waals surface area contributed by atoms with Gasteiger partial charge in [-0.05, 0) is 95.4 Å². The van der Waals surface area contributed by atoms with Crippen LogP contribution in [0.2, 0.25) is 0 Å². The van der Waals surface area contributed by atoms with Crippen LogP contribution in [0.25, 0.3) is 100.0 Å². The second-order valence-corrected chi connectivity index (χ2v) is 16.2. The molecule has 0 unspecified atom stereocenters. The summed E-state index contributed by atoms with van der Waals surface area (Å²) in [5.74, 6) is 0.705. The molecule has 0 fully saturated rings. The molecule has 0 spiro atoms. The van der Waals surface area contributed by atoms with Gasteiger partial charge < -0.3 is 0 Å². The molecule has 1 heterocycles. The van der Waals surface area contributed by atoms with Crippen LogP contribution in [-0.4, -0.2) is 9.97 Å². The van der Waals surface area contributed by atoms with Crippen molar-refractivity contribution in [1.29, 1.82) is 0 Å². The third kappa shape index (κ3) is 5.96. The van der Waals surface area contributed by atoms with Gasteiger partial charge in [0.15, 0.2) is 5.82 Å². The fourth-order valence-corrected chi connectivity index (χ4v) is 9.37. The molecule has 0 saturated heterocycles. The zero-order valence-electron chi connectivity index (χ0n) is 33.0. The van der Waals surface area contributed by atoms with Crippen LogP contribution in [0, 0.1) is 0 Å². The van der Waals surface area contributed by atoms with Crippen molar-refractivity contribution in [2.75, 3.05) is 0 Å². The standard InChI is InChI=1S/C57H40N2/c1-57(2)52-25-11-10-22-49(52)51-24-13-23-46(55(51)57)39-29-27-38(28-30-39)45-32-33-50(48-21-9-8-20-47(45)48)54-36-53(58-56(59-54)40-15-4-3-5-16-40)44-19-12-18-42(35-44)43-31-26-37-14-6-7-17-41(37)34-43/h3-36H,1-2H3. The number of fused-ring (bicyclic) bond motifs is 5. The molecule has 1 aromatic heterocycles. The van der Waals surface area contributed by atoms with Gasteiger partial charge in [0.1, 0.15) is 0 Å². The van der Waals surface area contributed by atoms with E-state index in [-0.39, 0.29) is 5.41 Å². The fourth-order valence-electron chi connectivity index (χ4n) is 9.37. The lowest BCUT2D eigenvalue weighted by Gasteiger charge is -2.24. The summed E-state index contributed by atoms with van der Waals surface area (Å²) in [5.41, 5.74) is 17.6. The number of benzene rings is 9. The molecule has 0 radical (unpaired) electrons. The molecule has 278 valence electrons. The van der Waals surface area contributed by atoms with Gasteiger partial charge in [-0.1, -0.05) is 202 Å². The maximum Gasteiger partial charge on any atom is 0.160 e. The van der Waals surface area contributed by atoms with Crippen LogP contribution in [0.5, 0.6) is 0 Å². The minimum absolute atomic E-state index is 0.0749. The van der Waals surface area contributed by atoms with Gasteiger partial charge in [0.05, 0.1) is 11.4 Å². The van der Waals surface area contributed by atoms with Crippen molar-refractivity contribution in [1.82, 2.24) is 9.97 Å². The van der Waals surface area contributed by atoms with Crippen molar-refractivity contribution in [3.63, 3.8) is 0 Å². The van der Waals surface area contributed by atoms with Crippen LogP contribution in [0.1, 0.15) is 25.0 Å². The summed E-state index contributed by atoms with van der Waals surface area (Å²) < 4.78 is 0. The number of rotatable bonds is 6. The first-order valence-electron chi connectivity index (χ1n) is 20.4. The molecule has 1 aliphatic rings. The Labute approximate surface area is 345 Å². The average molecular weight is 753 g/mol. The third-order valence-corrected chi connectivity index (χ3v) is 12.3. The molecule has 59 heavy (non-hydrogen) atoms. The van der Waals surface area contributed by atoms with E-state index in [4.69, 9.17) is 9.97 Å². The summed E-state index contributed by atoms with van der Waals surface area (Å²) in [6.07, 6.45) is 0. The number of nitrogens with zero attached hydrogens (tertiary/aromatic N) is 2. The Morgan fingerprint density at radius 2 is 0.881 bits per heavy atom. The van der Waals surface area contributed by atoms with E-state index < -0.39 is 0 Å². The van der Waals surface area contributed by atoms with Crippen LogP contribution in [-0.2, 0) is 5.41 Å². The Kier molecular flexibility index (Phi) is 8.20. The summed E-state index contributed by atoms with van der Waals surface area (Å²) in [7, 11) is 0. The first-order chi connectivity index (χ1) is 29.0. The Bertz CT molecular complexity index is 3230. The van der Waals surface area contributed by atoms with Gasteiger partial charge in [-0.25, -0.2) is 9.97 Å². The Morgan fingerprint density at radius 1 is 0.322 bits per heavy atom. The van der Waals surface area contributed by atoms with E-state index in [0.29, 0.717) is 5.82 Å². The van der Waals surface area contributed by atoms with Crippen LogP contribution >= 0.6 is 0 Å². The molecule has 2 nitrogen and oxygen atoms in total. The van der Waals surface area contributed by atoms with Crippen LogP contribution < -0.4 is 0 Å². The van der Waals surface area contributed by atoms with Gasteiger partial charge in [-0.3, -0.25) is 0 Å². The highest BCUT2D eigenvalue weighted by molar-refractivity contribution is 6.05. The van der Waals surface area contributed by atoms with Crippen molar-refractivity contribution in [3.05, 3.63) is 217 Å². The largest absolute Gasteiger partial charge is 0.228 e. The van der Waals surface area contributed by atoms with Gasteiger partial charge in [-0.15, -0.1) is 0 Å². The van der Waals surface area contributed by atoms with Crippen molar-refractivity contribution < 1.29 is 0 Å². The predicted molar refractivity (Wildman–Crippen MR) is 247 cm³/mol. The molecule has 0 bridgehead atoms. The number of hydrogen-bond donors (Lipinski definition) is 0. The highest BCUT2D eigenvalue weighted by Gasteiger charge is 2.37. The van der Waals surface area contributed by atoms with E-state index in [9.17, 15) is 0 Å². The molecule has 0 aliphatic heterocycles. The maximum atomic E-state index is 5.26. The van der Waals surface area contributed by atoms with Crippen LogP contribution in [0.3, 0.4) is 0 Å². The SMILES string of the molecule is CC1(C)c2ccccc2-c2cccc(-c3ccc(-c4ccc(-c5cc(-c6cccc(-c7ccc8ccccc8c7)c6)nc(-c6ccccc6)n5)c5ccccc45)cc3)c21. The molecule has 1 aliphatic carbocycles. The summed E-state index contributed by atoms with van der Waals surface area (Å²) in [4.78, 5) is 10.4. The summed E-state index contributed by atoms with van der Waals surface area (Å²) in [6, 6.07) is 74.3. The lowest BCUT2D eigenvalue weighted by Crippen LogP contribution is -2.16. The van der Waals surface area contributed by atoms with E-state index >= 15 is 0 Å². The van der Waals surface area contributed by atoms with Gasteiger partial charge in [0, 0.05) is 22.1 Å². The zero-order chi connectivity index (χ0) is 39.5. The summed E-state index contributed by atoms with van der Waals surface area (Å²) in [6.45, 7) is 4.71. The van der Waals surface area contributed by atoms with Gasteiger partial charge >= 0.3 is 0 Å². The maximum absolute atomic E-state index is 5.26. The van der Waals surface area contributed by atoms with Gasteiger partial charge in [0.2, 0.25) is 0 Å². The molecule has 9 aromatic carbocycles. The quantitative estimate of drug-likeness (QED) is 0.169. The molecule has 0 saturated carbocycles. The first kappa shape index (κ1) is 34.8. The molecule has 2 heteroatoms. The lowest BCUT2D eigenvalue weighted by atomic mass is 9.79. The first-order valence-corrected chi connectivity index (χ1v) is 20.4. The van der Waals surface area contributed by atoms with E-state index in [1.165, 1.54) is 66.2 Å². The Balaban J connectivity index is 0.997. The topological polar surface area (TPSA) is 25.8 Å². The lowest BCUT2D eigenvalue weighted by molar-refractivity contribution is 0.662. The smallest absolute Gasteiger partial charge is 0.160 e. The van der Waals surface area contributed by atoms with E-state index in [1.54, 1.807) is 0 Å². The Hall–Kier alpha value is -7.42. The van der Waals surface area contributed by atoms with E-state index in [0.717, 1.165) is 39.0 Å². The van der Waals surface area contributed by atoms with Crippen LogP contribution in [0.15, 0.2) is 206 Å². The Morgan fingerprint density at radius 3 is 1.71 bits per heavy atom. The average Bonchev–Trinajstić information content (AvgIpc) is 3.54. The molecule has 0 N–H and O–H groups in total. The second-order valence-electron chi connectivity index (χ2n) is 16.2. The van der Waals surface area contributed by atoms with Crippen LogP contribution in [0.4, 0.5) is 0 Å². The normalized spacial score (nSPS) is 12.7. The highest BCUT2D eigenvalue weighted by atomic mass is 14.9. The van der Waals surface area contributed by atoms with Gasteiger partial charge in [0.25, 0.3) is 0 Å². The molecular weight excluding hydrogens is 713 g/mol. The molecule has 10 aromatic rings. The van der Waals surface area contributed by atoms with E-state index in [2.05, 4.69) is 202 Å². The highest BCUT2D eigenvalue weighted by Crippen LogP contribution is 2.52.